The molecule has 1 heteroatoms. The number of hydrogen-bond donors (Lipinski definition) is 0. The molecule has 4 fully saturated rings. The van der Waals surface area contributed by atoms with Gasteiger partial charge < -0.3 is 4.90 Å². The van der Waals surface area contributed by atoms with Crippen LogP contribution in [0.15, 0.2) is 127 Å². The van der Waals surface area contributed by atoms with Crippen molar-refractivity contribution in [2.75, 3.05) is 4.90 Å². The highest BCUT2D eigenvalue weighted by Crippen LogP contribution is 2.70. The zero-order valence-electron chi connectivity index (χ0n) is 35.3. The maximum Gasteiger partial charge on any atom is 0.0468 e. The maximum atomic E-state index is 2.63. The summed E-state index contributed by atoms with van der Waals surface area (Å²) < 4.78 is 0. The summed E-state index contributed by atoms with van der Waals surface area (Å²) in [4.78, 5) is 2.62. The van der Waals surface area contributed by atoms with Crippen LogP contribution in [-0.2, 0) is 21.7 Å². The van der Waals surface area contributed by atoms with Gasteiger partial charge in [0.15, 0.2) is 0 Å². The van der Waals surface area contributed by atoms with E-state index in [0.717, 1.165) is 23.7 Å². The third kappa shape index (κ3) is 4.65. The lowest BCUT2D eigenvalue weighted by Crippen LogP contribution is -2.55. The number of rotatable bonds is 4. The molecule has 0 unspecified atom stereocenters. The molecule has 0 atom stereocenters. The van der Waals surface area contributed by atoms with Crippen LogP contribution in [0.3, 0.4) is 0 Å². The molecule has 7 aliphatic carbocycles. The van der Waals surface area contributed by atoms with Crippen LogP contribution < -0.4 is 4.90 Å². The van der Waals surface area contributed by atoms with Gasteiger partial charge in [-0.25, -0.2) is 0 Å². The van der Waals surface area contributed by atoms with E-state index in [1.807, 2.05) is 0 Å². The zero-order chi connectivity index (χ0) is 39.3. The standard InChI is InChI=1S/C57H57N/c1-54(2)25-26-55(3,4)52-34-42(21-24-49(52)54)58(41-19-22-45-44-15-10-11-17-47(44)56(5,6)51(45)33-41)40-20-23-48-46(32-40)53-43(37-13-8-7-9-14-37)16-12-18-50(53)57(48)38-28-35-27-36(30-38)31-39(57)29-35/h7-24,32-36,38-39H,25-31H2,1-6H3. The summed E-state index contributed by atoms with van der Waals surface area (Å²) in [6.45, 7) is 14.6. The first-order valence-electron chi connectivity index (χ1n) is 22.5. The fourth-order valence-corrected chi connectivity index (χ4v) is 14.2. The van der Waals surface area contributed by atoms with E-state index in [9.17, 15) is 0 Å². The third-order valence-electron chi connectivity index (χ3n) is 16.9. The quantitative estimate of drug-likeness (QED) is 0.173. The molecule has 0 N–H and O–H groups in total. The highest BCUT2D eigenvalue weighted by atomic mass is 15.1. The minimum absolute atomic E-state index is 0.0806. The molecule has 1 spiro atoms. The van der Waals surface area contributed by atoms with Crippen LogP contribution in [0.4, 0.5) is 17.1 Å². The first kappa shape index (κ1) is 35.1. The molecule has 4 bridgehead atoms. The van der Waals surface area contributed by atoms with Crippen molar-refractivity contribution in [2.45, 2.75) is 108 Å². The Labute approximate surface area is 346 Å². The Balaban J connectivity index is 1.10. The van der Waals surface area contributed by atoms with Crippen molar-refractivity contribution in [3.63, 3.8) is 0 Å². The van der Waals surface area contributed by atoms with Crippen molar-refractivity contribution >= 4 is 17.1 Å². The van der Waals surface area contributed by atoms with Crippen molar-refractivity contribution in [2.24, 2.45) is 23.7 Å². The fraction of sp³-hybridized carbons (Fsp3) is 0.368. The molecule has 0 saturated heterocycles. The topological polar surface area (TPSA) is 3.24 Å². The van der Waals surface area contributed by atoms with Gasteiger partial charge in [-0.05, 0) is 183 Å². The molecule has 0 amide bonds. The SMILES string of the molecule is CC1(C)CCC(C)(C)c2cc(N(c3ccc4c(c3)-c3c(-c5ccccc5)cccc3C43C4CC5CC(C4)CC3C5)c3ccc4c(c3)C(C)(C)c3ccccc3-4)ccc21. The van der Waals surface area contributed by atoms with Crippen molar-refractivity contribution in [3.05, 3.63) is 161 Å². The van der Waals surface area contributed by atoms with Gasteiger partial charge in [0.2, 0.25) is 0 Å². The lowest BCUT2D eigenvalue weighted by Gasteiger charge is -2.61. The predicted octanol–water partition coefficient (Wildman–Crippen LogP) is 15.2. The Bertz CT molecular complexity index is 2640. The summed E-state index contributed by atoms with van der Waals surface area (Å²) in [6.07, 6.45) is 9.46. The zero-order valence-corrected chi connectivity index (χ0v) is 35.3. The highest BCUT2D eigenvalue weighted by Gasteiger charge is 2.62. The largest absolute Gasteiger partial charge is 0.310 e. The Kier molecular flexibility index (Phi) is 7.18. The summed E-state index contributed by atoms with van der Waals surface area (Å²) in [7, 11) is 0. The number of benzene rings is 6. The van der Waals surface area contributed by atoms with Crippen molar-refractivity contribution in [1.29, 1.82) is 0 Å². The lowest BCUT2D eigenvalue weighted by molar-refractivity contribution is -0.0399. The molecule has 0 heterocycles. The first-order valence-corrected chi connectivity index (χ1v) is 22.5. The molecule has 7 aliphatic rings. The molecule has 1 nitrogen and oxygen atoms in total. The van der Waals surface area contributed by atoms with E-state index in [0.29, 0.717) is 0 Å². The van der Waals surface area contributed by atoms with Crippen molar-refractivity contribution < 1.29 is 0 Å². The average Bonchev–Trinajstić information content (AvgIpc) is 3.64. The van der Waals surface area contributed by atoms with Gasteiger partial charge in [-0.15, -0.1) is 0 Å². The molecule has 290 valence electrons. The van der Waals surface area contributed by atoms with Gasteiger partial charge in [-0.3, -0.25) is 0 Å². The van der Waals surface area contributed by atoms with E-state index in [2.05, 4.69) is 174 Å². The second-order valence-electron chi connectivity index (χ2n) is 21.2. The van der Waals surface area contributed by atoms with E-state index in [1.54, 1.807) is 11.1 Å². The molecular weight excluding hydrogens is 699 g/mol. The minimum atomic E-state index is -0.0806. The summed E-state index contributed by atoms with van der Waals surface area (Å²) in [5, 5.41) is 0. The molecular formula is C57H57N. The third-order valence-corrected chi connectivity index (χ3v) is 16.9. The van der Waals surface area contributed by atoms with Gasteiger partial charge >= 0.3 is 0 Å². The van der Waals surface area contributed by atoms with Gasteiger partial charge in [0.05, 0.1) is 0 Å². The lowest BCUT2D eigenvalue weighted by atomic mass is 9.43. The van der Waals surface area contributed by atoms with E-state index < -0.39 is 0 Å². The van der Waals surface area contributed by atoms with Gasteiger partial charge in [-0.1, -0.05) is 133 Å². The second kappa shape index (κ2) is 11.9. The van der Waals surface area contributed by atoms with Crippen molar-refractivity contribution in [1.82, 2.24) is 0 Å². The van der Waals surface area contributed by atoms with E-state index >= 15 is 0 Å². The van der Waals surface area contributed by atoms with Gasteiger partial charge in [0.25, 0.3) is 0 Å². The Morgan fingerprint density at radius 3 is 1.69 bits per heavy atom. The monoisotopic (exact) mass is 755 g/mol. The highest BCUT2D eigenvalue weighted by molar-refractivity contribution is 5.96. The number of hydrogen-bond acceptors (Lipinski definition) is 1. The molecule has 6 aromatic rings. The molecule has 0 aromatic heterocycles. The number of nitrogens with zero attached hydrogens (tertiary/aromatic N) is 1. The summed E-state index contributed by atoms with van der Waals surface area (Å²) >= 11 is 0. The van der Waals surface area contributed by atoms with Crippen LogP contribution in [0.25, 0.3) is 33.4 Å². The second-order valence-corrected chi connectivity index (χ2v) is 21.2. The summed E-state index contributed by atoms with van der Waals surface area (Å²) in [5.41, 5.74) is 21.6. The van der Waals surface area contributed by atoms with Gasteiger partial charge in [0.1, 0.15) is 0 Å². The Hall–Kier alpha value is -4.88. The van der Waals surface area contributed by atoms with Crippen molar-refractivity contribution in [3.8, 4) is 33.4 Å². The molecule has 0 radical (unpaired) electrons. The van der Waals surface area contributed by atoms with Gasteiger partial charge in [-0.2, -0.15) is 0 Å². The molecule has 13 rings (SSSR count). The van der Waals surface area contributed by atoms with Gasteiger partial charge in [0, 0.05) is 27.9 Å². The Morgan fingerprint density at radius 1 is 0.414 bits per heavy atom. The molecule has 58 heavy (non-hydrogen) atoms. The minimum Gasteiger partial charge on any atom is -0.310 e. The molecule has 4 saturated carbocycles. The van der Waals surface area contributed by atoms with E-state index in [1.165, 1.54) is 118 Å². The van der Waals surface area contributed by atoms with Crippen LogP contribution in [0.5, 0.6) is 0 Å². The predicted molar refractivity (Wildman–Crippen MR) is 243 cm³/mol. The van der Waals surface area contributed by atoms with E-state index in [4.69, 9.17) is 0 Å². The van der Waals surface area contributed by atoms with Crippen LogP contribution in [-0.4, -0.2) is 0 Å². The van der Waals surface area contributed by atoms with Crippen LogP contribution in [0.2, 0.25) is 0 Å². The molecule has 0 aliphatic heterocycles. The number of anilines is 3. The first-order chi connectivity index (χ1) is 27.9. The molecule has 6 aromatic carbocycles. The van der Waals surface area contributed by atoms with Crippen LogP contribution in [0, 0.1) is 23.7 Å². The van der Waals surface area contributed by atoms with Crippen LogP contribution in [0.1, 0.15) is 120 Å². The fourth-order valence-electron chi connectivity index (χ4n) is 14.2. The Morgan fingerprint density at radius 2 is 0.966 bits per heavy atom. The normalized spacial score (nSPS) is 26.8. The van der Waals surface area contributed by atoms with Crippen LogP contribution >= 0.6 is 0 Å². The maximum absolute atomic E-state index is 2.63. The smallest absolute Gasteiger partial charge is 0.0468 e. The summed E-state index contributed by atoms with van der Waals surface area (Å²) in [5.74, 6) is 3.29. The van der Waals surface area contributed by atoms with E-state index in [-0.39, 0.29) is 21.7 Å². The number of fused-ring (bicyclic) bond motifs is 7. The average molecular weight is 756 g/mol. The summed E-state index contributed by atoms with van der Waals surface area (Å²) in [6, 6.07) is 50.2.